The number of ether oxygens (including phenoxy) is 1. The number of hydrogen-bond donors (Lipinski definition) is 0. The van der Waals surface area contributed by atoms with Crippen molar-refractivity contribution in [3.05, 3.63) is 60.7 Å². The molecule has 156 valence electrons. The van der Waals surface area contributed by atoms with Crippen molar-refractivity contribution in [1.29, 1.82) is 0 Å². The summed E-state index contributed by atoms with van der Waals surface area (Å²) in [5, 5.41) is 0. The fraction of sp³-hybridized carbons (Fsp3) is 0.381. The standard InChI is InChI=1S/C21H27N3O4S/c1-22(16-17-28-19-8-4-2-5-9-19)18-21(25)23-12-14-24(15-13-23)29(26,27)20-10-6-3-7-11-20/h2-11H,12-18H2,1H3. The van der Waals surface area contributed by atoms with Gasteiger partial charge in [0.2, 0.25) is 15.9 Å². The molecule has 2 aromatic rings. The second-order valence-corrected chi connectivity index (χ2v) is 8.94. The third-order valence-corrected chi connectivity index (χ3v) is 6.78. The van der Waals surface area contributed by atoms with Crippen molar-refractivity contribution in [3.63, 3.8) is 0 Å². The van der Waals surface area contributed by atoms with Crippen molar-refractivity contribution < 1.29 is 17.9 Å². The van der Waals surface area contributed by atoms with Crippen molar-refractivity contribution >= 4 is 15.9 Å². The summed E-state index contributed by atoms with van der Waals surface area (Å²) in [7, 11) is -1.63. The fourth-order valence-corrected chi connectivity index (χ4v) is 4.61. The third kappa shape index (κ3) is 5.79. The number of para-hydroxylation sites is 1. The predicted molar refractivity (Wildman–Crippen MR) is 111 cm³/mol. The lowest BCUT2D eigenvalue weighted by atomic mass is 10.3. The van der Waals surface area contributed by atoms with E-state index in [0.717, 1.165) is 5.75 Å². The van der Waals surface area contributed by atoms with Crippen LogP contribution in [0.2, 0.25) is 0 Å². The van der Waals surface area contributed by atoms with Gasteiger partial charge in [-0.2, -0.15) is 4.31 Å². The molecule has 0 radical (unpaired) electrons. The summed E-state index contributed by atoms with van der Waals surface area (Å²) in [6.07, 6.45) is 0. The molecule has 29 heavy (non-hydrogen) atoms. The maximum atomic E-state index is 12.7. The van der Waals surface area contributed by atoms with Crippen LogP contribution in [0.3, 0.4) is 0 Å². The van der Waals surface area contributed by atoms with E-state index in [9.17, 15) is 13.2 Å². The normalized spacial score (nSPS) is 15.4. The van der Waals surface area contributed by atoms with Crippen molar-refractivity contribution in [2.45, 2.75) is 4.90 Å². The number of carbonyl (C=O) groups is 1. The number of benzene rings is 2. The van der Waals surface area contributed by atoms with Crippen LogP contribution in [-0.4, -0.2) is 81.4 Å². The summed E-state index contributed by atoms with van der Waals surface area (Å²) in [6, 6.07) is 18.0. The first-order valence-corrected chi connectivity index (χ1v) is 11.1. The van der Waals surface area contributed by atoms with Gasteiger partial charge < -0.3 is 9.64 Å². The number of hydrogen-bond acceptors (Lipinski definition) is 5. The van der Waals surface area contributed by atoms with E-state index in [1.165, 1.54) is 4.31 Å². The third-order valence-electron chi connectivity index (χ3n) is 4.86. The largest absolute Gasteiger partial charge is 0.492 e. The highest BCUT2D eigenvalue weighted by molar-refractivity contribution is 7.89. The van der Waals surface area contributed by atoms with Crippen LogP contribution in [0.1, 0.15) is 0 Å². The Labute approximate surface area is 172 Å². The molecule has 0 aliphatic carbocycles. The Kier molecular flexibility index (Phi) is 7.24. The summed E-state index contributed by atoms with van der Waals surface area (Å²) in [5.74, 6) is 0.812. The van der Waals surface area contributed by atoms with E-state index in [2.05, 4.69) is 0 Å². The first kappa shape index (κ1) is 21.3. The predicted octanol–water partition coefficient (Wildman–Crippen LogP) is 1.53. The van der Waals surface area contributed by atoms with Gasteiger partial charge in [-0.05, 0) is 31.3 Å². The van der Waals surface area contributed by atoms with Crippen LogP contribution >= 0.6 is 0 Å². The minimum absolute atomic E-state index is 0.00368. The van der Waals surface area contributed by atoms with Gasteiger partial charge in [0.25, 0.3) is 0 Å². The van der Waals surface area contributed by atoms with Gasteiger partial charge >= 0.3 is 0 Å². The minimum Gasteiger partial charge on any atom is -0.492 e. The summed E-state index contributed by atoms with van der Waals surface area (Å²) >= 11 is 0. The molecule has 1 fully saturated rings. The van der Waals surface area contributed by atoms with Gasteiger partial charge in [-0.25, -0.2) is 8.42 Å². The number of piperazine rings is 1. The Balaban J connectivity index is 1.42. The molecule has 0 bridgehead atoms. The van der Waals surface area contributed by atoms with Crippen LogP contribution in [0.4, 0.5) is 0 Å². The Hall–Kier alpha value is -2.42. The zero-order valence-electron chi connectivity index (χ0n) is 16.6. The lowest BCUT2D eigenvalue weighted by Crippen LogP contribution is -2.52. The van der Waals surface area contributed by atoms with Gasteiger partial charge in [0.15, 0.2) is 0 Å². The quantitative estimate of drug-likeness (QED) is 0.652. The monoisotopic (exact) mass is 417 g/mol. The number of carbonyl (C=O) groups excluding carboxylic acids is 1. The fourth-order valence-electron chi connectivity index (χ4n) is 3.17. The van der Waals surface area contributed by atoms with Gasteiger partial charge in [0, 0.05) is 32.7 Å². The van der Waals surface area contributed by atoms with Crippen molar-refractivity contribution in [2.75, 3.05) is 52.9 Å². The summed E-state index contributed by atoms with van der Waals surface area (Å²) in [6.45, 7) is 2.83. The van der Waals surface area contributed by atoms with E-state index >= 15 is 0 Å². The van der Waals surface area contributed by atoms with E-state index < -0.39 is 10.0 Å². The molecule has 1 aliphatic heterocycles. The molecular formula is C21H27N3O4S. The molecule has 2 aromatic carbocycles. The molecule has 1 amide bonds. The van der Waals surface area contributed by atoms with Gasteiger partial charge in [-0.3, -0.25) is 9.69 Å². The first-order valence-electron chi connectivity index (χ1n) is 9.66. The minimum atomic E-state index is -3.50. The van der Waals surface area contributed by atoms with Crippen LogP contribution in [0.15, 0.2) is 65.6 Å². The molecule has 7 nitrogen and oxygen atoms in total. The number of amides is 1. The van der Waals surface area contributed by atoms with Gasteiger partial charge in [-0.1, -0.05) is 36.4 Å². The molecular weight excluding hydrogens is 390 g/mol. The van der Waals surface area contributed by atoms with Gasteiger partial charge in [-0.15, -0.1) is 0 Å². The maximum absolute atomic E-state index is 12.7. The highest BCUT2D eigenvalue weighted by atomic mass is 32.2. The van der Waals surface area contributed by atoms with Gasteiger partial charge in [0.05, 0.1) is 11.4 Å². The zero-order valence-corrected chi connectivity index (χ0v) is 17.4. The lowest BCUT2D eigenvalue weighted by Gasteiger charge is -2.34. The number of nitrogens with zero attached hydrogens (tertiary/aromatic N) is 3. The highest BCUT2D eigenvalue weighted by Gasteiger charge is 2.30. The van der Waals surface area contributed by atoms with Crippen molar-refractivity contribution in [2.24, 2.45) is 0 Å². The molecule has 1 aliphatic rings. The molecule has 1 heterocycles. The van der Waals surface area contributed by atoms with Crippen LogP contribution in [0, 0.1) is 0 Å². The average molecular weight is 418 g/mol. The Morgan fingerprint density at radius 2 is 1.55 bits per heavy atom. The van der Waals surface area contributed by atoms with Crippen LogP contribution < -0.4 is 4.74 Å². The van der Waals surface area contributed by atoms with Crippen molar-refractivity contribution in [1.82, 2.24) is 14.1 Å². The summed E-state index contributed by atoms with van der Waals surface area (Å²) in [4.78, 5) is 16.5. The van der Waals surface area contributed by atoms with E-state index in [-0.39, 0.29) is 17.3 Å². The van der Waals surface area contributed by atoms with Crippen LogP contribution in [0.25, 0.3) is 0 Å². The molecule has 0 aromatic heterocycles. The van der Waals surface area contributed by atoms with E-state index in [4.69, 9.17) is 4.74 Å². The first-order chi connectivity index (χ1) is 14.0. The number of sulfonamides is 1. The molecule has 0 spiro atoms. The second-order valence-electron chi connectivity index (χ2n) is 7.00. The van der Waals surface area contributed by atoms with Gasteiger partial charge in [0.1, 0.15) is 12.4 Å². The lowest BCUT2D eigenvalue weighted by molar-refractivity contribution is -0.133. The summed E-state index contributed by atoms with van der Waals surface area (Å²) in [5.41, 5.74) is 0. The molecule has 0 atom stereocenters. The molecule has 0 N–H and O–H groups in total. The highest BCUT2D eigenvalue weighted by Crippen LogP contribution is 2.17. The Bertz CT molecular complexity index is 883. The topological polar surface area (TPSA) is 70.2 Å². The Morgan fingerprint density at radius 3 is 2.17 bits per heavy atom. The SMILES string of the molecule is CN(CCOc1ccccc1)CC(=O)N1CCN(S(=O)(=O)c2ccccc2)CC1. The van der Waals surface area contributed by atoms with Crippen LogP contribution in [0.5, 0.6) is 5.75 Å². The van der Waals surface area contributed by atoms with E-state index in [1.807, 2.05) is 42.3 Å². The molecule has 8 heteroatoms. The molecule has 0 saturated carbocycles. The van der Waals surface area contributed by atoms with Crippen LogP contribution in [-0.2, 0) is 14.8 Å². The second kappa shape index (κ2) is 9.87. The molecule has 0 unspecified atom stereocenters. The zero-order chi connectivity index (χ0) is 20.7. The maximum Gasteiger partial charge on any atom is 0.243 e. The van der Waals surface area contributed by atoms with E-state index in [0.29, 0.717) is 39.3 Å². The smallest absolute Gasteiger partial charge is 0.243 e. The molecule has 3 rings (SSSR count). The number of rotatable bonds is 8. The van der Waals surface area contributed by atoms with Crippen molar-refractivity contribution in [3.8, 4) is 5.75 Å². The summed E-state index contributed by atoms with van der Waals surface area (Å²) < 4.78 is 32.5. The average Bonchev–Trinajstić information content (AvgIpc) is 2.75. The molecule has 1 saturated heterocycles. The Morgan fingerprint density at radius 1 is 0.966 bits per heavy atom. The number of likely N-dealkylation sites (N-methyl/N-ethyl adjacent to an activating group) is 1. The van der Waals surface area contributed by atoms with E-state index in [1.54, 1.807) is 35.2 Å².